The first-order valence-electron chi connectivity index (χ1n) is 8.23. The molecule has 7 nitrogen and oxygen atoms in total. The molecule has 4 rings (SSSR count). The number of hydrogen-bond acceptors (Lipinski definition) is 6. The van der Waals surface area contributed by atoms with E-state index in [4.69, 9.17) is 4.74 Å². The van der Waals surface area contributed by atoms with Crippen molar-refractivity contribution >= 4 is 5.91 Å². The molecule has 1 aliphatic heterocycles. The second kappa shape index (κ2) is 6.24. The van der Waals surface area contributed by atoms with E-state index in [0.29, 0.717) is 37.0 Å². The third-order valence-corrected chi connectivity index (χ3v) is 4.32. The number of amides is 1. The van der Waals surface area contributed by atoms with Gasteiger partial charge in [0.05, 0.1) is 18.7 Å². The minimum absolute atomic E-state index is 0.0710. The molecule has 0 radical (unpaired) electrons. The second-order valence-corrected chi connectivity index (χ2v) is 6.27. The first kappa shape index (κ1) is 15.1. The molecule has 1 atom stereocenters. The molecule has 0 N–H and O–H groups in total. The number of aryl methyl sites for hydroxylation is 1. The van der Waals surface area contributed by atoms with E-state index in [2.05, 4.69) is 19.9 Å². The van der Waals surface area contributed by atoms with Crippen LogP contribution >= 0.6 is 0 Å². The SMILES string of the molecule is Cc1ccnc(C2CN(C(=O)c3cnc(C4CC4)nc3)CCO2)n1. The van der Waals surface area contributed by atoms with Crippen molar-refractivity contribution in [3.05, 3.63) is 47.6 Å². The Morgan fingerprint density at radius 2 is 2.00 bits per heavy atom. The molecule has 2 aliphatic rings. The molecule has 1 unspecified atom stereocenters. The summed E-state index contributed by atoms with van der Waals surface area (Å²) in [5.74, 6) is 1.88. The maximum absolute atomic E-state index is 12.7. The number of carbonyl (C=O) groups excluding carboxylic acids is 1. The molecule has 0 bridgehead atoms. The topological polar surface area (TPSA) is 81.1 Å². The third-order valence-electron chi connectivity index (χ3n) is 4.32. The van der Waals surface area contributed by atoms with Gasteiger partial charge in [-0.3, -0.25) is 4.79 Å². The average molecular weight is 325 g/mol. The number of carbonyl (C=O) groups is 1. The van der Waals surface area contributed by atoms with Crippen molar-refractivity contribution in [3.63, 3.8) is 0 Å². The fourth-order valence-corrected chi connectivity index (χ4v) is 2.80. The summed E-state index contributed by atoms with van der Waals surface area (Å²) in [6, 6.07) is 1.84. The summed E-state index contributed by atoms with van der Waals surface area (Å²) in [5.41, 5.74) is 1.40. The van der Waals surface area contributed by atoms with Gasteiger partial charge in [-0.2, -0.15) is 0 Å². The predicted octanol–water partition coefficient (Wildman–Crippen LogP) is 1.67. The molecule has 2 aromatic rings. The second-order valence-electron chi connectivity index (χ2n) is 6.27. The lowest BCUT2D eigenvalue weighted by molar-refractivity contribution is -0.0269. The van der Waals surface area contributed by atoms with Gasteiger partial charge in [0.2, 0.25) is 0 Å². The summed E-state index contributed by atoms with van der Waals surface area (Å²) in [6.45, 7) is 3.36. The summed E-state index contributed by atoms with van der Waals surface area (Å²) >= 11 is 0. The van der Waals surface area contributed by atoms with E-state index in [1.165, 1.54) is 0 Å². The van der Waals surface area contributed by atoms with Crippen LogP contribution in [0, 0.1) is 6.92 Å². The van der Waals surface area contributed by atoms with Crippen LogP contribution < -0.4 is 0 Å². The molecule has 1 saturated heterocycles. The Hall–Kier alpha value is -2.41. The monoisotopic (exact) mass is 325 g/mol. The molecule has 24 heavy (non-hydrogen) atoms. The van der Waals surface area contributed by atoms with E-state index in [1.807, 2.05) is 13.0 Å². The zero-order valence-corrected chi connectivity index (χ0v) is 13.6. The van der Waals surface area contributed by atoms with Crippen LogP contribution in [0.1, 0.15) is 52.6 Å². The smallest absolute Gasteiger partial charge is 0.257 e. The Bertz CT molecular complexity index is 745. The van der Waals surface area contributed by atoms with E-state index in [9.17, 15) is 4.79 Å². The molecular weight excluding hydrogens is 306 g/mol. The Kier molecular flexibility index (Phi) is 3.93. The summed E-state index contributed by atoms with van der Waals surface area (Å²) in [5, 5.41) is 0. The molecule has 1 saturated carbocycles. The number of ether oxygens (including phenoxy) is 1. The Morgan fingerprint density at radius 1 is 1.21 bits per heavy atom. The molecule has 1 aliphatic carbocycles. The number of rotatable bonds is 3. The van der Waals surface area contributed by atoms with Crippen molar-refractivity contribution in [2.24, 2.45) is 0 Å². The lowest BCUT2D eigenvalue weighted by atomic mass is 10.2. The van der Waals surface area contributed by atoms with Crippen LogP contribution in [-0.2, 0) is 4.74 Å². The molecule has 3 heterocycles. The van der Waals surface area contributed by atoms with E-state index in [0.717, 1.165) is 24.4 Å². The highest BCUT2D eigenvalue weighted by Gasteiger charge is 2.29. The van der Waals surface area contributed by atoms with Crippen molar-refractivity contribution in [1.82, 2.24) is 24.8 Å². The van der Waals surface area contributed by atoms with Gasteiger partial charge in [-0.15, -0.1) is 0 Å². The molecule has 1 amide bonds. The van der Waals surface area contributed by atoms with Gasteiger partial charge < -0.3 is 9.64 Å². The molecule has 124 valence electrons. The Balaban J connectivity index is 1.47. The largest absolute Gasteiger partial charge is 0.367 e. The molecule has 0 spiro atoms. The quantitative estimate of drug-likeness (QED) is 0.854. The van der Waals surface area contributed by atoms with Gasteiger partial charge in [-0.25, -0.2) is 19.9 Å². The summed E-state index contributed by atoms with van der Waals surface area (Å²) in [4.78, 5) is 31.8. The van der Waals surface area contributed by atoms with E-state index >= 15 is 0 Å². The van der Waals surface area contributed by atoms with Crippen LogP contribution in [0.5, 0.6) is 0 Å². The van der Waals surface area contributed by atoms with Crippen LogP contribution in [0.2, 0.25) is 0 Å². The van der Waals surface area contributed by atoms with Crippen LogP contribution in [0.25, 0.3) is 0 Å². The number of morpholine rings is 1. The molecular formula is C17H19N5O2. The van der Waals surface area contributed by atoms with Crippen molar-refractivity contribution in [2.75, 3.05) is 19.7 Å². The van der Waals surface area contributed by atoms with Gasteiger partial charge in [-0.1, -0.05) is 0 Å². The standard InChI is InChI=1S/C17H19N5O2/c1-11-4-5-18-16(21-11)14-10-22(6-7-24-14)17(23)13-8-19-15(20-9-13)12-2-3-12/h4-5,8-9,12,14H,2-3,6-7,10H2,1H3. The van der Waals surface area contributed by atoms with E-state index < -0.39 is 0 Å². The Morgan fingerprint density at radius 3 is 2.71 bits per heavy atom. The molecule has 2 aromatic heterocycles. The molecule has 7 heteroatoms. The van der Waals surface area contributed by atoms with Crippen LogP contribution in [-0.4, -0.2) is 50.4 Å². The van der Waals surface area contributed by atoms with Gasteiger partial charge in [0.25, 0.3) is 5.91 Å². The number of hydrogen-bond donors (Lipinski definition) is 0. The average Bonchev–Trinajstić information content (AvgIpc) is 3.47. The highest BCUT2D eigenvalue weighted by Crippen LogP contribution is 2.37. The minimum Gasteiger partial charge on any atom is -0.367 e. The Labute approximate surface area is 140 Å². The van der Waals surface area contributed by atoms with Crippen molar-refractivity contribution < 1.29 is 9.53 Å². The molecule has 0 aromatic carbocycles. The first-order valence-corrected chi connectivity index (χ1v) is 8.23. The first-order chi connectivity index (χ1) is 11.7. The number of aromatic nitrogens is 4. The van der Waals surface area contributed by atoms with Crippen molar-refractivity contribution in [1.29, 1.82) is 0 Å². The van der Waals surface area contributed by atoms with Gasteiger partial charge >= 0.3 is 0 Å². The minimum atomic E-state index is -0.297. The highest BCUT2D eigenvalue weighted by molar-refractivity contribution is 5.93. The maximum Gasteiger partial charge on any atom is 0.257 e. The normalized spacial score (nSPS) is 20.9. The van der Waals surface area contributed by atoms with Crippen LogP contribution in [0.4, 0.5) is 0 Å². The lowest BCUT2D eigenvalue weighted by Gasteiger charge is -2.32. The van der Waals surface area contributed by atoms with Crippen molar-refractivity contribution in [2.45, 2.75) is 31.8 Å². The summed E-state index contributed by atoms with van der Waals surface area (Å²) in [6.07, 6.45) is 6.98. The van der Waals surface area contributed by atoms with Gasteiger partial charge in [0, 0.05) is 36.7 Å². The van der Waals surface area contributed by atoms with Crippen LogP contribution in [0.3, 0.4) is 0 Å². The maximum atomic E-state index is 12.7. The van der Waals surface area contributed by atoms with Gasteiger partial charge in [0.15, 0.2) is 5.82 Å². The lowest BCUT2D eigenvalue weighted by Crippen LogP contribution is -2.42. The zero-order valence-electron chi connectivity index (χ0n) is 13.6. The van der Waals surface area contributed by atoms with Crippen molar-refractivity contribution in [3.8, 4) is 0 Å². The van der Waals surface area contributed by atoms with E-state index in [1.54, 1.807) is 23.5 Å². The van der Waals surface area contributed by atoms with Gasteiger partial charge in [0.1, 0.15) is 11.9 Å². The summed E-state index contributed by atoms with van der Waals surface area (Å²) in [7, 11) is 0. The molecule has 2 fully saturated rings. The number of nitrogens with zero attached hydrogens (tertiary/aromatic N) is 5. The van der Waals surface area contributed by atoms with Gasteiger partial charge in [-0.05, 0) is 25.8 Å². The van der Waals surface area contributed by atoms with Crippen LogP contribution in [0.15, 0.2) is 24.7 Å². The fraction of sp³-hybridized carbons (Fsp3) is 0.471. The third kappa shape index (κ3) is 3.12. The predicted molar refractivity (Wildman–Crippen MR) is 85.4 cm³/mol. The summed E-state index contributed by atoms with van der Waals surface area (Å²) < 4.78 is 5.74. The highest BCUT2D eigenvalue weighted by atomic mass is 16.5. The van der Waals surface area contributed by atoms with E-state index in [-0.39, 0.29) is 12.0 Å². The zero-order chi connectivity index (χ0) is 16.5. The fourth-order valence-electron chi connectivity index (χ4n) is 2.80.